The summed E-state index contributed by atoms with van der Waals surface area (Å²) in [6.45, 7) is 0. The smallest absolute Gasteiger partial charge is 0.303 e. The van der Waals surface area contributed by atoms with Gasteiger partial charge in [-0.15, -0.1) is 0 Å². The van der Waals surface area contributed by atoms with Crippen LogP contribution in [0.4, 0.5) is 0 Å². The summed E-state index contributed by atoms with van der Waals surface area (Å²) in [5, 5.41) is 27.7. The van der Waals surface area contributed by atoms with Crippen LogP contribution in [0.2, 0.25) is 0 Å². The summed E-state index contributed by atoms with van der Waals surface area (Å²) in [7, 11) is 0. The minimum atomic E-state index is -0.691. The number of rotatable bonds is 11. The summed E-state index contributed by atoms with van der Waals surface area (Å²) in [6.07, 6.45) is 11.0. The molecule has 1 fully saturated rings. The van der Waals surface area contributed by atoms with Crippen LogP contribution in [0.25, 0.3) is 0 Å². The second-order valence-corrected chi connectivity index (χ2v) is 6.16. The van der Waals surface area contributed by atoms with E-state index in [9.17, 15) is 15.0 Å². The third kappa shape index (κ3) is 7.25. The van der Waals surface area contributed by atoms with Gasteiger partial charge in [0.25, 0.3) is 0 Å². The van der Waals surface area contributed by atoms with Gasteiger partial charge in [-0.25, -0.2) is 0 Å². The number of carboxylic acids is 1. The molecule has 4 heteroatoms. The Morgan fingerprint density at radius 2 is 1.40 bits per heavy atom. The zero-order valence-corrected chi connectivity index (χ0v) is 12.5. The Balaban J connectivity index is 1.82. The Bertz CT molecular complexity index is 267. The Hall–Kier alpha value is -0.610. The molecular weight excluding hydrogens is 256 g/mol. The zero-order chi connectivity index (χ0) is 14.8. The van der Waals surface area contributed by atoms with Crippen molar-refractivity contribution in [2.45, 2.75) is 89.3 Å². The van der Waals surface area contributed by atoms with E-state index in [1.54, 1.807) is 0 Å². The highest BCUT2D eigenvalue weighted by molar-refractivity contribution is 5.66. The number of aliphatic carboxylic acids is 1. The normalized spacial score (nSPS) is 26.0. The molecule has 0 aromatic heterocycles. The molecule has 0 aromatic rings. The fourth-order valence-corrected chi connectivity index (χ4v) is 3.10. The maximum Gasteiger partial charge on any atom is 0.303 e. The van der Waals surface area contributed by atoms with Crippen LogP contribution in [0.1, 0.15) is 77.0 Å². The molecule has 0 saturated heterocycles. The summed E-state index contributed by atoms with van der Waals surface area (Å²) in [4.78, 5) is 10.3. The third-order valence-corrected chi connectivity index (χ3v) is 4.43. The summed E-state index contributed by atoms with van der Waals surface area (Å²) < 4.78 is 0. The Labute approximate surface area is 122 Å². The monoisotopic (exact) mass is 286 g/mol. The molecule has 1 rings (SSSR count). The number of hydrogen-bond acceptors (Lipinski definition) is 3. The third-order valence-electron chi connectivity index (χ3n) is 4.43. The molecule has 4 nitrogen and oxygen atoms in total. The zero-order valence-electron chi connectivity index (χ0n) is 12.5. The van der Waals surface area contributed by atoms with Crippen molar-refractivity contribution in [2.24, 2.45) is 5.92 Å². The molecule has 0 radical (unpaired) electrons. The molecule has 1 aliphatic rings. The van der Waals surface area contributed by atoms with Gasteiger partial charge in [0.05, 0.1) is 12.2 Å². The van der Waals surface area contributed by atoms with Crippen molar-refractivity contribution in [1.82, 2.24) is 0 Å². The van der Waals surface area contributed by atoms with Crippen LogP contribution in [-0.4, -0.2) is 33.5 Å². The first kappa shape index (κ1) is 17.4. The van der Waals surface area contributed by atoms with Crippen molar-refractivity contribution in [2.75, 3.05) is 0 Å². The lowest BCUT2D eigenvalue weighted by molar-refractivity contribution is -0.137. The minimum Gasteiger partial charge on any atom is -0.481 e. The first-order valence-corrected chi connectivity index (χ1v) is 8.19. The number of aliphatic hydroxyl groups is 2. The van der Waals surface area contributed by atoms with Crippen molar-refractivity contribution < 1.29 is 20.1 Å². The van der Waals surface area contributed by atoms with Crippen LogP contribution in [0.3, 0.4) is 0 Å². The predicted molar refractivity (Wildman–Crippen MR) is 78.5 cm³/mol. The van der Waals surface area contributed by atoms with Gasteiger partial charge in [0.1, 0.15) is 0 Å². The Kier molecular flexibility index (Phi) is 8.86. The molecule has 0 aliphatic heterocycles. The lowest BCUT2D eigenvalue weighted by Gasteiger charge is -2.15. The van der Waals surface area contributed by atoms with E-state index < -0.39 is 18.2 Å². The minimum absolute atomic E-state index is 0.301. The molecule has 20 heavy (non-hydrogen) atoms. The molecule has 3 atom stereocenters. The first-order valence-electron chi connectivity index (χ1n) is 8.19. The van der Waals surface area contributed by atoms with Gasteiger partial charge in [-0.3, -0.25) is 4.79 Å². The quantitative estimate of drug-likeness (QED) is 0.510. The fraction of sp³-hybridized carbons (Fsp3) is 0.938. The highest BCUT2D eigenvalue weighted by Crippen LogP contribution is 2.30. The van der Waals surface area contributed by atoms with E-state index >= 15 is 0 Å². The van der Waals surface area contributed by atoms with Gasteiger partial charge in [0.2, 0.25) is 0 Å². The van der Waals surface area contributed by atoms with Crippen molar-refractivity contribution in [3.8, 4) is 0 Å². The molecule has 0 spiro atoms. The molecule has 118 valence electrons. The van der Waals surface area contributed by atoms with E-state index in [-0.39, 0.29) is 0 Å². The van der Waals surface area contributed by atoms with Crippen LogP contribution in [0, 0.1) is 5.92 Å². The van der Waals surface area contributed by atoms with E-state index in [1.165, 1.54) is 25.7 Å². The van der Waals surface area contributed by atoms with Crippen LogP contribution in [-0.2, 0) is 4.79 Å². The maximum atomic E-state index is 10.3. The number of carboxylic acid groups (broad SMARTS) is 1. The molecule has 1 aliphatic carbocycles. The highest BCUT2D eigenvalue weighted by Gasteiger charge is 2.32. The second-order valence-electron chi connectivity index (χ2n) is 6.16. The molecule has 3 unspecified atom stereocenters. The summed E-state index contributed by atoms with van der Waals surface area (Å²) >= 11 is 0. The average molecular weight is 286 g/mol. The van der Waals surface area contributed by atoms with Gasteiger partial charge in [-0.05, 0) is 31.6 Å². The Morgan fingerprint density at radius 1 is 0.850 bits per heavy atom. The molecular formula is C16H30O4. The van der Waals surface area contributed by atoms with E-state index in [0.717, 1.165) is 44.9 Å². The molecule has 0 amide bonds. The van der Waals surface area contributed by atoms with Gasteiger partial charge in [0.15, 0.2) is 0 Å². The summed E-state index contributed by atoms with van der Waals surface area (Å²) in [5.41, 5.74) is 0. The van der Waals surface area contributed by atoms with E-state index in [2.05, 4.69) is 0 Å². The van der Waals surface area contributed by atoms with Gasteiger partial charge >= 0.3 is 5.97 Å². The van der Waals surface area contributed by atoms with Gasteiger partial charge in [0, 0.05) is 6.42 Å². The second kappa shape index (κ2) is 10.2. The molecule has 0 heterocycles. The molecule has 3 N–H and O–H groups in total. The van der Waals surface area contributed by atoms with Gasteiger partial charge < -0.3 is 15.3 Å². The number of hydrogen-bond donors (Lipinski definition) is 3. The van der Waals surface area contributed by atoms with Crippen molar-refractivity contribution in [1.29, 1.82) is 0 Å². The molecule has 0 aromatic carbocycles. The van der Waals surface area contributed by atoms with Crippen LogP contribution >= 0.6 is 0 Å². The summed E-state index contributed by atoms with van der Waals surface area (Å²) in [5.74, 6) is -0.384. The van der Waals surface area contributed by atoms with E-state index in [1.807, 2.05) is 0 Å². The maximum absolute atomic E-state index is 10.3. The molecule has 0 bridgehead atoms. The average Bonchev–Trinajstić information content (AvgIpc) is 2.72. The lowest BCUT2D eigenvalue weighted by Crippen LogP contribution is -2.24. The largest absolute Gasteiger partial charge is 0.481 e. The van der Waals surface area contributed by atoms with Crippen molar-refractivity contribution in [3.63, 3.8) is 0 Å². The number of aliphatic hydroxyl groups excluding tert-OH is 2. The SMILES string of the molecule is O=C(O)CCCCCCCCCCC1CCC(O)C1O. The molecule has 1 saturated carbocycles. The first-order chi connectivity index (χ1) is 9.61. The summed E-state index contributed by atoms with van der Waals surface area (Å²) in [6, 6.07) is 0. The van der Waals surface area contributed by atoms with Crippen LogP contribution < -0.4 is 0 Å². The van der Waals surface area contributed by atoms with Crippen molar-refractivity contribution in [3.05, 3.63) is 0 Å². The predicted octanol–water partition coefficient (Wildman–Crippen LogP) is 3.10. The number of unbranched alkanes of at least 4 members (excludes halogenated alkanes) is 7. The Morgan fingerprint density at radius 3 is 1.90 bits per heavy atom. The fourth-order valence-electron chi connectivity index (χ4n) is 3.10. The van der Waals surface area contributed by atoms with E-state index in [4.69, 9.17) is 5.11 Å². The van der Waals surface area contributed by atoms with Crippen LogP contribution in [0.5, 0.6) is 0 Å². The number of carbonyl (C=O) groups is 1. The van der Waals surface area contributed by atoms with E-state index in [0.29, 0.717) is 12.3 Å². The van der Waals surface area contributed by atoms with Crippen molar-refractivity contribution >= 4 is 5.97 Å². The lowest BCUT2D eigenvalue weighted by atomic mass is 9.97. The topological polar surface area (TPSA) is 77.8 Å². The van der Waals surface area contributed by atoms with Crippen LogP contribution in [0.15, 0.2) is 0 Å². The highest BCUT2D eigenvalue weighted by atomic mass is 16.4. The standard InChI is InChI=1S/C16H30O4/c17-14-12-11-13(16(14)20)9-7-5-3-1-2-4-6-8-10-15(18)19/h13-14,16-17,20H,1-12H2,(H,18,19). The van der Waals surface area contributed by atoms with Gasteiger partial charge in [-0.1, -0.05) is 44.9 Å². The van der Waals surface area contributed by atoms with Gasteiger partial charge in [-0.2, -0.15) is 0 Å².